The Morgan fingerprint density at radius 3 is 2.50 bits per heavy atom. The van der Waals surface area contributed by atoms with Crippen LogP contribution < -0.4 is 5.11 Å². The maximum Gasteiger partial charge on any atom is 0.410 e. The Morgan fingerprint density at radius 2 is 1.96 bits per heavy atom. The topological polar surface area (TPSA) is 69.7 Å². The highest BCUT2D eigenvalue weighted by Crippen LogP contribution is 2.28. The van der Waals surface area contributed by atoms with Gasteiger partial charge in [-0.1, -0.05) is 6.07 Å². The Kier molecular flexibility index (Phi) is 5.11. The number of nitrogens with zero attached hydrogens (tertiary/aromatic N) is 1. The molecule has 132 valence electrons. The number of carbonyl (C=O) groups excluding carboxylic acids is 2. The van der Waals surface area contributed by atoms with Crippen molar-refractivity contribution in [3.8, 4) is 0 Å². The quantitative estimate of drug-likeness (QED) is 0.842. The van der Waals surface area contributed by atoms with Crippen molar-refractivity contribution in [2.75, 3.05) is 6.54 Å². The van der Waals surface area contributed by atoms with E-state index in [1.54, 1.807) is 20.8 Å². The van der Waals surface area contributed by atoms with Gasteiger partial charge in [-0.25, -0.2) is 13.6 Å². The summed E-state index contributed by atoms with van der Waals surface area (Å²) >= 11 is 0. The van der Waals surface area contributed by atoms with Gasteiger partial charge in [0.1, 0.15) is 5.60 Å². The number of aliphatic carboxylic acids is 1. The van der Waals surface area contributed by atoms with Gasteiger partial charge in [0.15, 0.2) is 11.6 Å². The first-order valence-corrected chi connectivity index (χ1v) is 7.71. The summed E-state index contributed by atoms with van der Waals surface area (Å²) in [6.45, 7) is 5.22. The van der Waals surface area contributed by atoms with Gasteiger partial charge in [0.2, 0.25) is 0 Å². The molecule has 2 atom stereocenters. The van der Waals surface area contributed by atoms with Gasteiger partial charge in [-0.05, 0) is 57.2 Å². The highest BCUT2D eigenvalue weighted by atomic mass is 19.2. The van der Waals surface area contributed by atoms with E-state index in [0.29, 0.717) is 12.0 Å². The third kappa shape index (κ3) is 4.43. The van der Waals surface area contributed by atoms with E-state index in [1.807, 2.05) is 0 Å². The lowest BCUT2D eigenvalue weighted by Gasteiger charge is -2.28. The lowest BCUT2D eigenvalue weighted by atomic mass is 9.96. The van der Waals surface area contributed by atoms with Crippen molar-refractivity contribution >= 4 is 12.1 Å². The summed E-state index contributed by atoms with van der Waals surface area (Å²) in [6, 6.07) is 2.47. The fourth-order valence-corrected chi connectivity index (χ4v) is 2.82. The van der Waals surface area contributed by atoms with Gasteiger partial charge in [-0.15, -0.1) is 0 Å². The molecule has 1 fully saturated rings. The summed E-state index contributed by atoms with van der Waals surface area (Å²) in [5.74, 6) is -3.45. The SMILES string of the molecule is CC(C)(C)OC(=O)N1C[C@H](Cc2ccc(F)c(F)c2)C[C@H]1C(=O)[O-]. The number of amides is 1. The molecular weight excluding hydrogens is 320 g/mol. The Hall–Kier alpha value is -2.18. The van der Waals surface area contributed by atoms with Gasteiger partial charge in [-0.3, -0.25) is 4.90 Å². The fraction of sp³-hybridized carbons (Fsp3) is 0.529. The van der Waals surface area contributed by atoms with Crippen LogP contribution in [0.25, 0.3) is 0 Å². The first-order valence-electron chi connectivity index (χ1n) is 7.71. The number of carboxylic acid groups (broad SMARTS) is 1. The third-order valence-corrected chi connectivity index (χ3v) is 3.80. The van der Waals surface area contributed by atoms with Gasteiger partial charge in [0, 0.05) is 6.54 Å². The minimum atomic E-state index is -1.35. The monoisotopic (exact) mass is 340 g/mol. The zero-order valence-corrected chi connectivity index (χ0v) is 13.8. The average Bonchev–Trinajstić information content (AvgIpc) is 2.85. The molecule has 0 spiro atoms. The molecule has 1 aromatic carbocycles. The zero-order chi connectivity index (χ0) is 18.1. The minimum absolute atomic E-state index is 0.159. The summed E-state index contributed by atoms with van der Waals surface area (Å²) in [4.78, 5) is 24.6. The second-order valence-electron chi connectivity index (χ2n) is 7.02. The van der Waals surface area contributed by atoms with Gasteiger partial charge in [0.25, 0.3) is 0 Å². The van der Waals surface area contributed by atoms with Crippen molar-refractivity contribution in [2.24, 2.45) is 5.92 Å². The van der Waals surface area contributed by atoms with Crippen LogP contribution >= 0.6 is 0 Å². The zero-order valence-electron chi connectivity index (χ0n) is 13.8. The molecule has 2 rings (SSSR count). The summed E-state index contributed by atoms with van der Waals surface area (Å²) in [7, 11) is 0. The number of hydrogen-bond donors (Lipinski definition) is 0. The second kappa shape index (κ2) is 6.75. The van der Waals surface area contributed by atoms with Crippen molar-refractivity contribution in [1.82, 2.24) is 4.90 Å². The van der Waals surface area contributed by atoms with Crippen molar-refractivity contribution in [3.63, 3.8) is 0 Å². The molecule has 0 unspecified atom stereocenters. The van der Waals surface area contributed by atoms with Crippen LogP contribution in [-0.4, -0.2) is 35.2 Å². The summed E-state index contributed by atoms with van der Waals surface area (Å²) in [5, 5.41) is 11.3. The predicted octanol–water partition coefficient (Wildman–Crippen LogP) is 1.88. The molecule has 0 aromatic heterocycles. The van der Waals surface area contributed by atoms with Crippen LogP contribution in [0.2, 0.25) is 0 Å². The van der Waals surface area contributed by atoms with E-state index in [0.717, 1.165) is 17.0 Å². The van der Waals surface area contributed by atoms with E-state index in [2.05, 4.69) is 0 Å². The van der Waals surface area contributed by atoms with E-state index in [-0.39, 0.29) is 18.9 Å². The lowest BCUT2D eigenvalue weighted by molar-refractivity contribution is -0.310. The van der Waals surface area contributed by atoms with E-state index < -0.39 is 35.3 Å². The number of rotatable bonds is 3. The minimum Gasteiger partial charge on any atom is -0.548 e. The number of carboxylic acids is 1. The lowest BCUT2D eigenvalue weighted by Crippen LogP contribution is -2.48. The molecule has 0 bridgehead atoms. The van der Waals surface area contributed by atoms with E-state index >= 15 is 0 Å². The molecule has 0 saturated carbocycles. The van der Waals surface area contributed by atoms with Gasteiger partial charge in [0.05, 0.1) is 12.0 Å². The molecule has 1 aliphatic heterocycles. The highest BCUT2D eigenvalue weighted by molar-refractivity contribution is 5.79. The number of carbonyl (C=O) groups is 2. The third-order valence-electron chi connectivity index (χ3n) is 3.80. The number of benzene rings is 1. The van der Waals surface area contributed by atoms with E-state index in [1.165, 1.54) is 6.07 Å². The average molecular weight is 340 g/mol. The molecule has 1 aliphatic rings. The van der Waals surface area contributed by atoms with E-state index in [9.17, 15) is 23.5 Å². The fourth-order valence-electron chi connectivity index (χ4n) is 2.82. The standard InChI is InChI=1S/C17H21F2NO4/c1-17(2,3)24-16(23)20-9-11(8-14(20)15(21)22)6-10-4-5-12(18)13(19)7-10/h4-5,7,11,14H,6,8-9H2,1-3H3,(H,21,22)/p-1/t11-,14+/m1/s1. The number of hydrogen-bond acceptors (Lipinski definition) is 4. The van der Waals surface area contributed by atoms with Gasteiger partial charge < -0.3 is 14.6 Å². The molecule has 5 nitrogen and oxygen atoms in total. The number of halogens is 2. The Balaban J connectivity index is 2.10. The molecule has 1 saturated heterocycles. The molecule has 1 aromatic rings. The second-order valence-corrected chi connectivity index (χ2v) is 7.02. The van der Waals surface area contributed by atoms with Crippen LogP contribution in [0.15, 0.2) is 18.2 Å². The summed E-state index contributed by atoms with van der Waals surface area (Å²) in [5.41, 5.74) is -0.201. The smallest absolute Gasteiger partial charge is 0.410 e. The van der Waals surface area contributed by atoms with Gasteiger partial charge >= 0.3 is 6.09 Å². The highest BCUT2D eigenvalue weighted by Gasteiger charge is 2.38. The van der Waals surface area contributed by atoms with Crippen LogP contribution in [0.3, 0.4) is 0 Å². The Labute approximate surface area is 139 Å². The van der Waals surface area contributed by atoms with Crippen LogP contribution in [0.5, 0.6) is 0 Å². The van der Waals surface area contributed by atoms with Crippen molar-refractivity contribution in [1.29, 1.82) is 0 Å². The largest absolute Gasteiger partial charge is 0.548 e. The maximum atomic E-state index is 13.3. The van der Waals surface area contributed by atoms with E-state index in [4.69, 9.17) is 4.74 Å². The van der Waals surface area contributed by atoms with Crippen molar-refractivity contribution in [3.05, 3.63) is 35.4 Å². The molecule has 1 amide bonds. The molecule has 0 aliphatic carbocycles. The van der Waals surface area contributed by atoms with Crippen LogP contribution in [0, 0.1) is 17.6 Å². The normalized spacial score (nSPS) is 21.0. The molecule has 0 radical (unpaired) electrons. The van der Waals surface area contributed by atoms with Crippen molar-refractivity contribution in [2.45, 2.75) is 45.3 Å². The van der Waals surface area contributed by atoms with Crippen LogP contribution in [-0.2, 0) is 16.0 Å². The number of ether oxygens (including phenoxy) is 1. The molecule has 24 heavy (non-hydrogen) atoms. The first-order chi connectivity index (χ1) is 11.1. The molecular formula is C17H20F2NO4-. The Morgan fingerprint density at radius 1 is 1.29 bits per heavy atom. The Bertz CT molecular complexity index is 642. The van der Waals surface area contributed by atoms with Crippen molar-refractivity contribution < 1.29 is 28.2 Å². The maximum absolute atomic E-state index is 13.3. The van der Waals surface area contributed by atoms with Crippen LogP contribution in [0.1, 0.15) is 32.8 Å². The number of likely N-dealkylation sites (tertiary alicyclic amines) is 1. The van der Waals surface area contributed by atoms with Crippen LogP contribution in [0.4, 0.5) is 13.6 Å². The summed E-state index contributed by atoms with van der Waals surface area (Å²) < 4.78 is 31.5. The first kappa shape index (κ1) is 18.2. The molecule has 0 N–H and O–H groups in total. The van der Waals surface area contributed by atoms with Gasteiger partial charge in [-0.2, -0.15) is 0 Å². The molecule has 1 heterocycles. The molecule has 7 heteroatoms. The predicted molar refractivity (Wildman–Crippen MR) is 79.9 cm³/mol. The summed E-state index contributed by atoms with van der Waals surface area (Å²) in [6.07, 6.45) is -0.203.